The van der Waals surface area contributed by atoms with E-state index >= 15 is 0 Å². The summed E-state index contributed by atoms with van der Waals surface area (Å²) in [5.74, 6) is 0.836. The molecule has 3 aromatic rings. The number of rotatable bonds is 5. The summed E-state index contributed by atoms with van der Waals surface area (Å²) in [4.78, 5) is 35.2. The van der Waals surface area contributed by atoms with E-state index in [0.717, 1.165) is 34.4 Å². The van der Waals surface area contributed by atoms with Crippen LogP contribution >= 0.6 is 34.4 Å². The standard InChI is InChI=1S/C18H19N3O2S3/c1-10-4-5-12-13(7-10)26-17-15(12)16(23)20-18(21-17)25-9-14(22)19-8-11-3-2-6-24-11/h2-3,6,10H,4-5,7-9H2,1H3,(H,19,22)(H,20,21,23). The number of aromatic nitrogens is 2. The Kier molecular flexibility index (Phi) is 5.15. The highest BCUT2D eigenvalue weighted by molar-refractivity contribution is 7.99. The molecule has 0 spiro atoms. The number of amides is 1. The van der Waals surface area contributed by atoms with Gasteiger partial charge in [0.1, 0.15) is 4.83 Å². The summed E-state index contributed by atoms with van der Waals surface area (Å²) in [5.41, 5.74) is 1.10. The zero-order valence-electron chi connectivity index (χ0n) is 14.3. The highest BCUT2D eigenvalue weighted by Gasteiger charge is 2.23. The van der Waals surface area contributed by atoms with Crippen molar-refractivity contribution >= 4 is 50.6 Å². The van der Waals surface area contributed by atoms with E-state index in [1.807, 2.05) is 17.5 Å². The van der Waals surface area contributed by atoms with Gasteiger partial charge in [0.2, 0.25) is 5.91 Å². The van der Waals surface area contributed by atoms with Gasteiger partial charge in [0.15, 0.2) is 5.16 Å². The molecule has 26 heavy (non-hydrogen) atoms. The van der Waals surface area contributed by atoms with Crippen molar-refractivity contribution < 1.29 is 4.79 Å². The summed E-state index contributed by atoms with van der Waals surface area (Å²) < 4.78 is 0. The lowest BCUT2D eigenvalue weighted by Gasteiger charge is -2.17. The van der Waals surface area contributed by atoms with Gasteiger partial charge in [-0.3, -0.25) is 9.59 Å². The SMILES string of the molecule is CC1CCc2c(sc3nc(SCC(=O)NCc4cccs4)[nH]c(=O)c23)C1. The first-order chi connectivity index (χ1) is 12.6. The predicted molar refractivity (Wildman–Crippen MR) is 108 cm³/mol. The Hall–Kier alpha value is -1.64. The van der Waals surface area contributed by atoms with Gasteiger partial charge in [-0.15, -0.1) is 22.7 Å². The summed E-state index contributed by atoms with van der Waals surface area (Å²) in [5, 5.41) is 6.14. The van der Waals surface area contributed by atoms with E-state index in [1.165, 1.54) is 22.2 Å². The second-order valence-electron chi connectivity index (χ2n) is 6.55. The highest BCUT2D eigenvalue weighted by Crippen LogP contribution is 2.36. The van der Waals surface area contributed by atoms with Gasteiger partial charge in [-0.1, -0.05) is 24.8 Å². The molecule has 5 nitrogen and oxygen atoms in total. The molecule has 4 rings (SSSR count). The van der Waals surface area contributed by atoms with Crippen LogP contribution in [0.5, 0.6) is 0 Å². The Labute approximate surface area is 163 Å². The first-order valence-electron chi connectivity index (χ1n) is 8.56. The van der Waals surface area contributed by atoms with E-state index in [2.05, 4.69) is 22.2 Å². The number of nitrogens with zero attached hydrogens (tertiary/aromatic N) is 1. The summed E-state index contributed by atoms with van der Waals surface area (Å²) in [6.45, 7) is 2.79. The van der Waals surface area contributed by atoms with E-state index in [1.54, 1.807) is 22.7 Å². The van der Waals surface area contributed by atoms with E-state index in [-0.39, 0.29) is 17.2 Å². The quantitative estimate of drug-likeness (QED) is 0.503. The molecule has 0 fully saturated rings. The molecule has 136 valence electrons. The molecule has 1 amide bonds. The number of H-pyrrole nitrogens is 1. The topological polar surface area (TPSA) is 74.8 Å². The Balaban J connectivity index is 1.45. The van der Waals surface area contributed by atoms with Gasteiger partial charge in [-0.25, -0.2) is 4.98 Å². The van der Waals surface area contributed by atoms with Crippen LogP contribution in [-0.2, 0) is 24.2 Å². The van der Waals surface area contributed by atoms with Crippen molar-refractivity contribution in [2.24, 2.45) is 5.92 Å². The lowest BCUT2D eigenvalue weighted by molar-refractivity contribution is -0.118. The van der Waals surface area contributed by atoms with Gasteiger partial charge in [-0.2, -0.15) is 0 Å². The van der Waals surface area contributed by atoms with Crippen LogP contribution in [0, 0.1) is 5.92 Å². The fourth-order valence-corrected chi connectivity index (χ4v) is 5.96. The number of hydrogen-bond donors (Lipinski definition) is 2. The Morgan fingerprint density at radius 1 is 1.50 bits per heavy atom. The van der Waals surface area contributed by atoms with Gasteiger partial charge in [-0.05, 0) is 42.2 Å². The molecule has 2 N–H and O–H groups in total. The van der Waals surface area contributed by atoms with Crippen molar-refractivity contribution in [3.63, 3.8) is 0 Å². The minimum Gasteiger partial charge on any atom is -0.350 e. The van der Waals surface area contributed by atoms with E-state index < -0.39 is 0 Å². The van der Waals surface area contributed by atoms with E-state index in [4.69, 9.17) is 0 Å². The maximum Gasteiger partial charge on any atom is 0.260 e. The summed E-state index contributed by atoms with van der Waals surface area (Å²) in [6.07, 6.45) is 3.11. The molecule has 0 saturated heterocycles. The van der Waals surface area contributed by atoms with Crippen molar-refractivity contribution in [2.45, 2.75) is 37.9 Å². The molecule has 3 aromatic heterocycles. The second-order valence-corrected chi connectivity index (χ2v) is 9.63. The van der Waals surface area contributed by atoms with Crippen molar-refractivity contribution in [3.05, 3.63) is 43.2 Å². The van der Waals surface area contributed by atoms with Crippen molar-refractivity contribution in [3.8, 4) is 0 Å². The largest absolute Gasteiger partial charge is 0.350 e. The number of aromatic amines is 1. The molecule has 3 heterocycles. The number of nitrogens with one attached hydrogen (secondary N) is 2. The molecule has 1 atom stereocenters. The Bertz CT molecular complexity index is 991. The highest BCUT2D eigenvalue weighted by atomic mass is 32.2. The van der Waals surface area contributed by atoms with E-state index in [9.17, 15) is 9.59 Å². The second kappa shape index (κ2) is 7.54. The van der Waals surface area contributed by atoms with E-state index in [0.29, 0.717) is 17.6 Å². The molecule has 0 radical (unpaired) electrons. The molecule has 8 heteroatoms. The van der Waals surface area contributed by atoms with Crippen LogP contribution in [0.25, 0.3) is 10.2 Å². The lowest BCUT2D eigenvalue weighted by atomic mass is 9.89. The molecular formula is C18H19N3O2S3. The fourth-order valence-electron chi connectivity index (χ4n) is 3.18. The monoisotopic (exact) mass is 405 g/mol. The normalized spacial score (nSPS) is 16.6. The molecule has 0 aromatic carbocycles. The van der Waals surface area contributed by atoms with Gasteiger partial charge in [0, 0.05) is 9.75 Å². The molecule has 1 aliphatic carbocycles. The number of thiophene rings is 2. The smallest absolute Gasteiger partial charge is 0.260 e. The number of carbonyl (C=O) groups excluding carboxylic acids is 1. The third kappa shape index (κ3) is 3.72. The minimum absolute atomic E-state index is 0.0644. The fraction of sp³-hybridized carbons (Fsp3) is 0.389. The first-order valence-corrected chi connectivity index (χ1v) is 11.2. The average molecular weight is 406 g/mol. The number of aryl methyl sites for hydroxylation is 1. The zero-order valence-corrected chi connectivity index (χ0v) is 16.8. The molecule has 0 bridgehead atoms. The van der Waals surface area contributed by atoms with Crippen LogP contribution in [0.1, 0.15) is 28.7 Å². The molecule has 0 aliphatic heterocycles. The Morgan fingerprint density at radius 3 is 3.19 bits per heavy atom. The molecule has 1 aliphatic rings. The maximum atomic E-state index is 12.5. The summed E-state index contributed by atoms with van der Waals surface area (Å²) in [6, 6.07) is 3.95. The first kappa shape index (κ1) is 17.8. The third-order valence-corrected chi connectivity index (χ3v) is 7.42. The Morgan fingerprint density at radius 2 is 2.38 bits per heavy atom. The van der Waals surface area contributed by atoms with Crippen LogP contribution in [0.2, 0.25) is 0 Å². The van der Waals surface area contributed by atoms with Crippen LogP contribution in [-0.4, -0.2) is 21.6 Å². The predicted octanol–water partition coefficient (Wildman–Crippen LogP) is 3.58. The van der Waals surface area contributed by atoms with Crippen molar-refractivity contribution in [2.75, 3.05) is 5.75 Å². The zero-order chi connectivity index (χ0) is 18.1. The van der Waals surface area contributed by atoms with Crippen LogP contribution < -0.4 is 10.9 Å². The van der Waals surface area contributed by atoms with Gasteiger partial charge in [0.25, 0.3) is 5.56 Å². The summed E-state index contributed by atoms with van der Waals surface area (Å²) >= 11 is 4.52. The maximum absolute atomic E-state index is 12.5. The number of fused-ring (bicyclic) bond motifs is 3. The number of thioether (sulfide) groups is 1. The molecular weight excluding hydrogens is 386 g/mol. The number of carbonyl (C=O) groups is 1. The van der Waals surface area contributed by atoms with Gasteiger partial charge < -0.3 is 10.3 Å². The average Bonchev–Trinajstić information content (AvgIpc) is 3.24. The molecule has 0 saturated carbocycles. The minimum atomic E-state index is -0.0800. The molecule has 1 unspecified atom stereocenters. The van der Waals surface area contributed by atoms with Crippen molar-refractivity contribution in [1.82, 2.24) is 15.3 Å². The number of hydrogen-bond acceptors (Lipinski definition) is 6. The van der Waals surface area contributed by atoms with Gasteiger partial charge in [0.05, 0.1) is 17.7 Å². The lowest BCUT2D eigenvalue weighted by Crippen LogP contribution is -2.24. The van der Waals surface area contributed by atoms with Crippen LogP contribution in [0.4, 0.5) is 0 Å². The summed E-state index contributed by atoms with van der Waals surface area (Å²) in [7, 11) is 0. The van der Waals surface area contributed by atoms with Gasteiger partial charge >= 0.3 is 0 Å². The van der Waals surface area contributed by atoms with Crippen LogP contribution in [0.3, 0.4) is 0 Å². The van der Waals surface area contributed by atoms with Crippen LogP contribution in [0.15, 0.2) is 27.5 Å². The van der Waals surface area contributed by atoms with Crippen molar-refractivity contribution in [1.29, 1.82) is 0 Å². The third-order valence-electron chi connectivity index (χ3n) is 4.52.